The number of carbonyl (C=O) groups is 1. The van der Waals surface area contributed by atoms with Crippen molar-refractivity contribution in [1.29, 1.82) is 0 Å². The second-order valence-electron chi connectivity index (χ2n) is 2.86. The van der Waals surface area contributed by atoms with Gasteiger partial charge in [0.25, 0.3) is 0 Å². The molecule has 0 saturated carbocycles. The quantitative estimate of drug-likeness (QED) is 0.604. The number of carbonyl (C=O) groups excluding carboxylic acids is 1. The topological polar surface area (TPSA) is 50.4 Å². The number of hydrogen-bond donors (Lipinski definition) is 2. The average molecular weight is 174 g/mol. The van der Waals surface area contributed by atoms with Gasteiger partial charge >= 0.3 is 0 Å². The predicted octanol–water partition coefficient (Wildman–Crippen LogP) is -0.255. The zero-order chi connectivity index (χ0) is 9.56. The van der Waals surface area contributed by atoms with Gasteiger partial charge in [0.05, 0.1) is 12.6 Å². The van der Waals surface area contributed by atoms with Crippen molar-refractivity contribution in [1.82, 2.24) is 10.6 Å². The molecule has 0 saturated heterocycles. The summed E-state index contributed by atoms with van der Waals surface area (Å²) in [5.41, 5.74) is 0. The Balaban J connectivity index is 3.67. The maximum absolute atomic E-state index is 11.0. The van der Waals surface area contributed by atoms with E-state index in [2.05, 4.69) is 10.6 Å². The van der Waals surface area contributed by atoms with E-state index in [1.165, 1.54) is 0 Å². The van der Waals surface area contributed by atoms with Crippen molar-refractivity contribution < 1.29 is 9.53 Å². The van der Waals surface area contributed by atoms with Gasteiger partial charge in [-0.15, -0.1) is 0 Å². The zero-order valence-corrected chi connectivity index (χ0v) is 8.18. The number of amides is 1. The fourth-order valence-electron chi connectivity index (χ4n) is 1.02. The highest BCUT2D eigenvalue weighted by Gasteiger charge is 2.12. The molecule has 0 aliphatic rings. The summed E-state index contributed by atoms with van der Waals surface area (Å²) in [5, 5.41) is 5.66. The van der Waals surface area contributed by atoms with Gasteiger partial charge in [0.1, 0.15) is 0 Å². The summed E-state index contributed by atoms with van der Waals surface area (Å²) in [7, 11) is 3.27. The lowest BCUT2D eigenvalue weighted by atomic mass is 10.2. The first-order valence-electron chi connectivity index (χ1n) is 4.08. The molecule has 0 aliphatic heterocycles. The molecular formula is C8H18N2O2. The van der Waals surface area contributed by atoms with E-state index in [-0.39, 0.29) is 18.0 Å². The van der Waals surface area contributed by atoms with Crippen LogP contribution in [-0.4, -0.2) is 38.8 Å². The molecule has 2 unspecified atom stereocenters. The summed E-state index contributed by atoms with van der Waals surface area (Å²) >= 11 is 0. The van der Waals surface area contributed by atoms with Crippen LogP contribution >= 0.6 is 0 Å². The summed E-state index contributed by atoms with van der Waals surface area (Å²) in [6.45, 7) is 4.41. The van der Waals surface area contributed by atoms with E-state index in [0.29, 0.717) is 6.61 Å². The van der Waals surface area contributed by atoms with Crippen LogP contribution in [0.1, 0.15) is 13.8 Å². The molecule has 0 heterocycles. The molecule has 0 aliphatic carbocycles. The third-order valence-electron chi connectivity index (χ3n) is 1.59. The number of nitrogens with one attached hydrogen (secondary N) is 2. The van der Waals surface area contributed by atoms with E-state index in [1.807, 2.05) is 13.8 Å². The molecule has 12 heavy (non-hydrogen) atoms. The lowest BCUT2D eigenvalue weighted by Gasteiger charge is -2.17. The molecule has 4 heteroatoms. The van der Waals surface area contributed by atoms with Gasteiger partial charge in [0.2, 0.25) is 5.91 Å². The summed E-state index contributed by atoms with van der Waals surface area (Å²) in [6, 6.07) is 0.0300. The van der Waals surface area contributed by atoms with Crippen molar-refractivity contribution in [2.24, 2.45) is 0 Å². The van der Waals surface area contributed by atoms with Gasteiger partial charge in [-0.05, 0) is 13.8 Å². The summed E-state index contributed by atoms with van der Waals surface area (Å²) < 4.78 is 4.92. The van der Waals surface area contributed by atoms with Crippen LogP contribution in [0.15, 0.2) is 0 Å². The molecule has 2 N–H and O–H groups in total. The van der Waals surface area contributed by atoms with E-state index in [4.69, 9.17) is 4.74 Å². The lowest BCUT2D eigenvalue weighted by molar-refractivity contribution is -0.122. The second kappa shape index (κ2) is 5.97. The molecule has 0 rings (SSSR count). The summed E-state index contributed by atoms with van der Waals surface area (Å²) in [4.78, 5) is 11.0. The zero-order valence-electron chi connectivity index (χ0n) is 8.18. The minimum absolute atomic E-state index is 0.00190. The molecule has 0 aromatic heterocycles. The van der Waals surface area contributed by atoms with Crippen LogP contribution in [0, 0.1) is 0 Å². The van der Waals surface area contributed by atoms with Crippen LogP contribution < -0.4 is 10.6 Å². The monoisotopic (exact) mass is 174 g/mol. The fraction of sp³-hybridized carbons (Fsp3) is 0.875. The Kier molecular flexibility index (Phi) is 5.66. The van der Waals surface area contributed by atoms with E-state index < -0.39 is 0 Å². The lowest BCUT2D eigenvalue weighted by Crippen LogP contribution is -2.46. The van der Waals surface area contributed by atoms with Gasteiger partial charge in [0, 0.05) is 20.2 Å². The van der Waals surface area contributed by atoms with Gasteiger partial charge in [-0.3, -0.25) is 4.79 Å². The number of likely N-dealkylation sites (N-methyl/N-ethyl adjacent to an activating group) is 1. The van der Waals surface area contributed by atoms with Gasteiger partial charge in [-0.2, -0.15) is 0 Å². The Labute approximate surface area is 73.7 Å². The second-order valence-corrected chi connectivity index (χ2v) is 2.86. The highest BCUT2D eigenvalue weighted by molar-refractivity contribution is 5.80. The van der Waals surface area contributed by atoms with E-state index in [1.54, 1.807) is 14.2 Å². The van der Waals surface area contributed by atoms with Gasteiger partial charge in [-0.25, -0.2) is 0 Å². The third kappa shape index (κ3) is 4.31. The molecular weight excluding hydrogens is 156 g/mol. The first-order valence-corrected chi connectivity index (χ1v) is 4.08. The van der Waals surface area contributed by atoms with Crippen LogP contribution in [0.2, 0.25) is 0 Å². The van der Waals surface area contributed by atoms with Crippen LogP contribution in [0.3, 0.4) is 0 Å². The maximum Gasteiger partial charge on any atom is 0.236 e. The molecule has 0 radical (unpaired) electrons. The Morgan fingerprint density at radius 1 is 1.50 bits per heavy atom. The SMILES string of the molecule is CNC(=O)C(C)NC(C)COC. The van der Waals surface area contributed by atoms with Crippen molar-refractivity contribution in [3.63, 3.8) is 0 Å². The van der Waals surface area contributed by atoms with Crippen molar-refractivity contribution in [2.45, 2.75) is 25.9 Å². The molecule has 1 amide bonds. The third-order valence-corrected chi connectivity index (χ3v) is 1.59. The molecule has 72 valence electrons. The van der Waals surface area contributed by atoms with Gasteiger partial charge in [0.15, 0.2) is 0 Å². The number of rotatable bonds is 5. The molecule has 0 aromatic carbocycles. The van der Waals surface area contributed by atoms with Crippen LogP contribution in [0.4, 0.5) is 0 Å². The Morgan fingerprint density at radius 3 is 2.50 bits per heavy atom. The first-order chi connectivity index (χ1) is 5.61. The Bertz CT molecular complexity index is 139. The Hall–Kier alpha value is -0.610. The normalized spacial score (nSPS) is 15.3. The van der Waals surface area contributed by atoms with E-state index in [0.717, 1.165) is 0 Å². The van der Waals surface area contributed by atoms with Gasteiger partial charge < -0.3 is 15.4 Å². The minimum atomic E-state index is -0.167. The number of methoxy groups -OCH3 is 1. The molecule has 0 aromatic rings. The van der Waals surface area contributed by atoms with E-state index in [9.17, 15) is 4.79 Å². The number of hydrogen-bond acceptors (Lipinski definition) is 3. The molecule has 4 nitrogen and oxygen atoms in total. The largest absolute Gasteiger partial charge is 0.383 e. The van der Waals surface area contributed by atoms with Crippen molar-refractivity contribution in [3.05, 3.63) is 0 Å². The Morgan fingerprint density at radius 2 is 2.08 bits per heavy atom. The highest BCUT2D eigenvalue weighted by atomic mass is 16.5. The molecule has 0 bridgehead atoms. The van der Waals surface area contributed by atoms with Gasteiger partial charge in [-0.1, -0.05) is 0 Å². The number of ether oxygens (including phenoxy) is 1. The highest BCUT2D eigenvalue weighted by Crippen LogP contribution is 1.87. The predicted molar refractivity (Wildman–Crippen MR) is 48.0 cm³/mol. The minimum Gasteiger partial charge on any atom is -0.383 e. The van der Waals surface area contributed by atoms with Crippen molar-refractivity contribution in [2.75, 3.05) is 20.8 Å². The maximum atomic E-state index is 11.0. The smallest absolute Gasteiger partial charge is 0.236 e. The van der Waals surface area contributed by atoms with E-state index >= 15 is 0 Å². The van der Waals surface area contributed by atoms with Crippen LogP contribution in [-0.2, 0) is 9.53 Å². The average Bonchev–Trinajstić information content (AvgIpc) is 2.03. The van der Waals surface area contributed by atoms with Crippen molar-refractivity contribution in [3.8, 4) is 0 Å². The molecule has 0 fully saturated rings. The summed E-state index contributed by atoms with van der Waals surface area (Å²) in [5.74, 6) is -0.00190. The fourth-order valence-corrected chi connectivity index (χ4v) is 1.02. The molecule has 0 spiro atoms. The standard InChI is InChI=1S/C8H18N2O2/c1-6(5-12-4)10-7(2)8(11)9-3/h6-7,10H,5H2,1-4H3,(H,9,11). The summed E-state index contributed by atoms with van der Waals surface area (Å²) in [6.07, 6.45) is 0. The van der Waals surface area contributed by atoms with Crippen LogP contribution in [0.5, 0.6) is 0 Å². The molecule has 2 atom stereocenters. The first kappa shape index (κ1) is 11.4. The van der Waals surface area contributed by atoms with Crippen molar-refractivity contribution >= 4 is 5.91 Å². The van der Waals surface area contributed by atoms with Crippen LogP contribution in [0.25, 0.3) is 0 Å².